The van der Waals surface area contributed by atoms with Crippen LogP contribution in [-0.4, -0.2) is 26.5 Å². The lowest BCUT2D eigenvalue weighted by Gasteiger charge is -2.07. The Balaban J connectivity index is 2.43. The molecule has 1 N–H and O–H groups in total. The van der Waals surface area contributed by atoms with Gasteiger partial charge in [-0.25, -0.2) is 9.97 Å². The van der Waals surface area contributed by atoms with Gasteiger partial charge in [-0.2, -0.15) is 0 Å². The molecule has 0 atom stereocenters. The molecule has 0 spiro atoms. The van der Waals surface area contributed by atoms with Crippen LogP contribution < -0.4 is 5.32 Å². The lowest BCUT2D eigenvalue weighted by Crippen LogP contribution is -2.04. The van der Waals surface area contributed by atoms with Crippen LogP contribution in [0, 0.1) is 0 Å². The SMILES string of the molecule is CCNc1cc(-c2cnccn2)nc(CC)n1. The molecule has 0 amide bonds. The van der Waals surface area contributed by atoms with E-state index in [-0.39, 0.29) is 0 Å². The van der Waals surface area contributed by atoms with Gasteiger partial charge in [-0.15, -0.1) is 0 Å². The summed E-state index contributed by atoms with van der Waals surface area (Å²) in [7, 11) is 0. The number of anilines is 1. The zero-order valence-electron chi connectivity index (χ0n) is 10.0. The minimum absolute atomic E-state index is 0.767. The summed E-state index contributed by atoms with van der Waals surface area (Å²) in [6.07, 6.45) is 5.82. The van der Waals surface area contributed by atoms with E-state index in [1.807, 2.05) is 19.9 Å². The Bertz CT molecular complexity index is 484. The number of aromatic nitrogens is 4. The van der Waals surface area contributed by atoms with Gasteiger partial charge in [-0.1, -0.05) is 6.92 Å². The van der Waals surface area contributed by atoms with Crippen LogP contribution in [0.1, 0.15) is 19.7 Å². The monoisotopic (exact) mass is 229 g/mol. The third kappa shape index (κ3) is 2.75. The Morgan fingerprint density at radius 1 is 1.12 bits per heavy atom. The molecule has 2 heterocycles. The van der Waals surface area contributed by atoms with Crippen LogP contribution in [0.5, 0.6) is 0 Å². The normalized spacial score (nSPS) is 10.2. The second-order valence-electron chi connectivity index (χ2n) is 3.53. The molecule has 0 radical (unpaired) electrons. The third-order valence-electron chi connectivity index (χ3n) is 2.27. The molecule has 2 rings (SSSR count). The number of rotatable bonds is 4. The molecule has 2 aromatic heterocycles. The fourth-order valence-corrected chi connectivity index (χ4v) is 1.49. The third-order valence-corrected chi connectivity index (χ3v) is 2.27. The molecule has 5 nitrogen and oxygen atoms in total. The van der Waals surface area contributed by atoms with Crippen LogP contribution in [0.15, 0.2) is 24.7 Å². The summed E-state index contributed by atoms with van der Waals surface area (Å²) in [6.45, 7) is 4.90. The minimum Gasteiger partial charge on any atom is -0.370 e. The van der Waals surface area contributed by atoms with E-state index in [0.29, 0.717) is 0 Å². The van der Waals surface area contributed by atoms with Gasteiger partial charge in [0.25, 0.3) is 0 Å². The average Bonchev–Trinajstić information content (AvgIpc) is 2.40. The highest BCUT2D eigenvalue weighted by atomic mass is 15.0. The number of hydrogen-bond donors (Lipinski definition) is 1. The van der Waals surface area contributed by atoms with Crippen molar-refractivity contribution in [1.29, 1.82) is 0 Å². The molecule has 88 valence electrons. The topological polar surface area (TPSA) is 63.6 Å². The molecule has 2 aromatic rings. The fourth-order valence-electron chi connectivity index (χ4n) is 1.49. The van der Waals surface area contributed by atoms with E-state index >= 15 is 0 Å². The van der Waals surface area contributed by atoms with Crippen LogP contribution in [0.3, 0.4) is 0 Å². The summed E-state index contributed by atoms with van der Waals surface area (Å²) in [4.78, 5) is 17.1. The van der Waals surface area contributed by atoms with Crippen LogP contribution >= 0.6 is 0 Å². The van der Waals surface area contributed by atoms with Gasteiger partial charge in [0.1, 0.15) is 17.3 Å². The smallest absolute Gasteiger partial charge is 0.131 e. The van der Waals surface area contributed by atoms with Crippen molar-refractivity contribution < 1.29 is 0 Å². The van der Waals surface area contributed by atoms with E-state index in [9.17, 15) is 0 Å². The lowest BCUT2D eigenvalue weighted by atomic mass is 10.3. The van der Waals surface area contributed by atoms with Crippen molar-refractivity contribution in [3.63, 3.8) is 0 Å². The summed E-state index contributed by atoms with van der Waals surface area (Å²) < 4.78 is 0. The first kappa shape index (κ1) is 11.4. The molecule has 0 saturated carbocycles. The van der Waals surface area contributed by atoms with E-state index in [0.717, 1.165) is 36.0 Å². The Morgan fingerprint density at radius 2 is 2.00 bits per heavy atom. The Morgan fingerprint density at radius 3 is 2.65 bits per heavy atom. The van der Waals surface area contributed by atoms with Gasteiger partial charge < -0.3 is 5.32 Å². The van der Waals surface area contributed by atoms with E-state index in [2.05, 4.69) is 25.3 Å². The van der Waals surface area contributed by atoms with Crippen LogP contribution in [0.4, 0.5) is 5.82 Å². The van der Waals surface area contributed by atoms with Gasteiger partial charge in [0.05, 0.1) is 11.9 Å². The van der Waals surface area contributed by atoms with Crippen molar-refractivity contribution in [3.8, 4) is 11.4 Å². The van der Waals surface area contributed by atoms with E-state index in [1.165, 1.54) is 0 Å². The van der Waals surface area contributed by atoms with Gasteiger partial charge in [0.2, 0.25) is 0 Å². The van der Waals surface area contributed by atoms with Crippen molar-refractivity contribution in [2.45, 2.75) is 20.3 Å². The molecule has 0 aromatic carbocycles. The second kappa shape index (κ2) is 5.34. The maximum Gasteiger partial charge on any atom is 0.131 e. The zero-order chi connectivity index (χ0) is 12.1. The summed E-state index contributed by atoms with van der Waals surface area (Å²) in [6, 6.07) is 1.90. The van der Waals surface area contributed by atoms with E-state index in [1.54, 1.807) is 18.6 Å². The van der Waals surface area contributed by atoms with Gasteiger partial charge in [0.15, 0.2) is 0 Å². The predicted molar refractivity (Wildman–Crippen MR) is 66.6 cm³/mol. The molecule has 0 bridgehead atoms. The molecular weight excluding hydrogens is 214 g/mol. The van der Waals surface area contributed by atoms with Crippen molar-refractivity contribution in [2.75, 3.05) is 11.9 Å². The predicted octanol–water partition coefficient (Wildman–Crippen LogP) is 1.93. The molecule has 0 aliphatic heterocycles. The fraction of sp³-hybridized carbons (Fsp3) is 0.333. The minimum atomic E-state index is 0.767. The Labute approximate surface area is 100 Å². The second-order valence-corrected chi connectivity index (χ2v) is 3.53. The molecule has 0 unspecified atom stereocenters. The van der Waals surface area contributed by atoms with Crippen molar-refractivity contribution in [2.24, 2.45) is 0 Å². The first-order valence-corrected chi connectivity index (χ1v) is 5.71. The summed E-state index contributed by atoms with van der Waals surface area (Å²) in [5.41, 5.74) is 1.57. The molecule has 0 fully saturated rings. The Hall–Kier alpha value is -2.04. The van der Waals surface area contributed by atoms with Crippen molar-refractivity contribution in [1.82, 2.24) is 19.9 Å². The highest BCUT2D eigenvalue weighted by molar-refractivity contribution is 5.57. The largest absolute Gasteiger partial charge is 0.370 e. The zero-order valence-corrected chi connectivity index (χ0v) is 10.0. The number of aryl methyl sites for hydroxylation is 1. The molecule has 0 saturated heterocycles. The molecule has 17 heavy (non-hydrogen) atoms. The standard InChI is InChI=1S/C12H15N5/c1-3-11-16-9(7-12(17-11)14-4-2)10-8-13-5-6-15-10/h5-8H,3-4H2,1-2H3,(H,14,16,17). The van der Waals surface area contributed by atoms with Gasteiger partial charge in [-0.05, 0) is 6.92 Å². The van der Waals surface area contributed by atoms with Gasteiger partial charge >= 0.3 is 0 Å². The van der Waals surface area contributed by atoms with Crippen LogP contribution in [0.25, 0.3) is 11.4 Å². The summed E-state index contributed by atoms with van der Waals surface area (Å²) in [5.74, 6) is 1.64. The molecule has 0 aliphatic carbocycles. The Kier molecular flexibility index (Phi) is 3.59. The lowest BCUT2D eigenvalue weighted by molar-refractivity contribution is 0.936. The maximum absolute atomic E-state index is 4.45. The first-order valence-electron chi connectivity index (χ1n) is 5.71. The van der Waals surface area contributed by atoms with Gasteiger partial charge in [-0.3, -0.25) is 9.97 Å². The van der Waals surface area contributed by atoms with E-state index in [4.69, 9.17) is 0 Å². The van der Waals surface area contributed by atoms with Crippen LogP contribution in [0.2, 0.25) is 0 Å². The average molecular weight is 229 g/mol. The molecule has 0 aliphatic rings. The highest BCUT2D eigenvalue weighted by Crippen LogP contribution is 2.16. The van der Waals surface area contributed by atoms with Crippen LogP contribution in [-0.2, 0) is 6.42 Å². The first-order chi connectivity index (χ1) is 8.33. The van der Waals surface area contributed by atoms with Crippen molar-refractivity contribution in [3.05, 3.63) is 30.5 Å². The number of nitrogens with zero attached hydrogens (tertiary/aromatic N) is 4. The highest BCUT2D eigenvalue weighted by Gasteiger charge is 2.06. The number of nitrogens with one attached hydrogen (secondary N) is 1. The molecular formula is C12H15N5. The quantitative estimate of drug-likeness (QED) is 0.867. The van der Waals surface area contributed by atoms with Crippen molar-refractivity contribution >= 4 is 5.82 Å². The molecule has 5 heteroatoms. The summed E-state index contributed by atoms with van der Waals surface area (Å²) >= 11 is 0. The summed E-state index contributed by atoms with van der Waals surface area (Å²) in [5, 5.41) is 3.19. The number of hydrogen-bond acceptors (Lipinski definition) is 5. The van der Waals surface area contributed by atoms with E-state index < -0.39 is 0 Å². The van der Waals surface area contributed by atoms with Gasteiger partial charge in [0, 0.05) is 31.4 Å². The maximum atomic E-state index is 4.45.